The van der Waals surface area contributed by atoms with Gasteiger partial charge in [0, 0.05) is 25.7 Å². The Morgan fingerprint density at radius 2 is 1.75 bits per heavy atom. The van der Waals surface area contributed by atoms with Crippen molar-refractivity contribution in [3.63, 3.8) is 0 Å². The van der Waals surface area contributed by atoms with Gasteiger partial charge in [-0.15, -0.1) is 0 Å². The van der Waals surface area contributed by atoms with E-state index in [1.165, 1.54) is 29.6 Å². The van der Waals surface area contributed by atoms with E-state index in [4.69, 9.17) is 9.47 Å². The van der Waals surface area contributed by atoms with Crippen molar-refractivity contribution >= 4 is 21.9 Å². The second kappa shape index (κ2) is 10.2. The Morgan fingerprint density at radius 3 is 2.38 bits per heavy atom. The zero-order valence-electron chi connectivity index (χ0n) is 19.4. The molecule has 0 saturated carbocycles. The van der Waals surface area contributed by atoms with Crippen LogP contribution in [0.4, 0.5) is 0 Å². The van der Waals surface area contributed by atoms with Crippen molar-refractivity contribution in [3.05, 3.63) is 23.8 Å². The molecule has 2 aliphatic heterocycles. The second-order valence-electron chi connectivity index (χ2n) is 8.88. The van der Waals surface area contributed by atoms with Crippen LogP contribution >= 0.6 is 0 Å². The minimum Gasteiger partial charge on any atom is -0.495 e. The predicted octanol–water partition coefficient (Wildman–Crippen LogP) is 3.06. The summed E-state index contributed by atoms with van der Waals surface area (Å²) in [6.45, 7) is 7.33. The third-order valence-corrected chi connectivity index (χ3v) is 8.49. The third-order valence-electron chi connectivity index (χ3n) is 6.45. The number of benzene rings is 1. The Kier molecular flexibility index (Phi) is 7.82. The van der Waals surface area contributed by atoms with Crippen LogP contribution in [-0.2, 0) is 19.6 Å². The zero-order valence-corrected chi connectivity index (χ0v) is 20.2. The lowest BCUT2D eigenvalue weighted by Gasteiger charge is -2.32. The van der Waals surface area contributed by atoms with Crippen molar-refractivity contribution in [3.8, 4) is 5.75 Å². The number of rotatable bonds is 6. The monoisotopic (exact) mass is 466 g/mol. The molecule has 1 amide bonds. The van der Waals surface area contributed by atoms with E-state index in [9.17, 15) is 18.0 Å². The molecule has 2 atom stereocenters. The average molecular weight is 467 g/mol. The van der Waals surface area contributed by atoms with Crippen LogP contribution in [0.25, 0.3) is 0 Å². The van der Waals surface area contributed by atoms with Crippen LogP contribution in [0, 0.1) is 5.92 Å². The molecule has 0 aromatic heterocycles. The van der Waals surface area contributed by atoms with E-state index in [0.29, 0.717) is 25.6 Å². The molecular weight excluding hydrogens is 432 g/mol. The van der Waals surface area contributed by atoms with Crippen molar-refractivity contribution < 1.29 is 27.5 Å². The van der Waals surface area contributed by atoms with Crippen molar-refractivity contribution in [1.29, 1.82) is 0 Å². The molecule has 0 bridgehead atoms. The molecule has 0 unspecified atom stereocenters. The first kappa shape index (κ1) is 24.5. The van der Waals surface area contributed by atoms with Crippen LogP contribution in [0.1, 0.15) is 63.2 Å². The van der Waals surface area contributed by atoms with Crippen LogP contribution in [0.2, 0.25) is 0 Å². The summed E-state index contributed by atoms with van der Waals surface area (Å²) >= 11 is 0. The highest BCUT2D eigenvalue weighted by molar-refractivity contribution is 7.89. The average Bonchev–Trinajstić information content (AvgIpc) is 2.78. The number of esters is 1. The molecule has 2 aliphatic rings. The molecule has 0 spiro atoms. The van der Waals surface area contributed by atoms with Crippen molar-refractivity contribution in [2.24, 2.45) is 5.92 Å². The highest BCUT2D eigenvalue weighted by atomic mass is 32.2. The number of carbonyl (C=O) groups is 2. The number of sulfonamides is 1. The molecule has 32 heavy (non-hydrogen) atoms. The van der Waals surface area contributed by atoms with Gasteiger partial charge >= 0.3 is 5.97 Å². The van der Waals surface area contributed by atoms with E-state index in [1.54, 1.807) is 11.8 Å². The van der Waals surface area contributed by atoms with Gasteiger partial charge in [0.25, 0.3) is 5.91 Å². The Balaban J connectivity index is 1.78. The number of amides is 1. The first-order valence-corrected chi connectivity index (χ1v) is 12.8. The molecule has 0 aliphatic carbocycles. The molecule has 9 heteroatoms. The Morgan fingerprint density at radius 1 is 1.06 bits per heavy atom. The minimum atomic E-state index is -3.85. The number of nitrogens with zero attached hydrogens (tertiary/aromatic N) is 2. The summed E-state index contributed by atoms with van der Waals surface area (Å²) in [4.78, 5) is 27.1. The van der Waals surface area contributed by atoms with Gasteiger partial charge < -0.3 is 14.4 Å². The summed E-state index contributed by atoms with van der Waals surface area (Å²) in [5.74, 6) is -0.208. The number of hydrogen-bond acceptors (Lipinski definition) is 6. The fourth-order valence-electron chi connectivity index (χ4n) is 4.33. The van der Waals surface area contributed by atoms with E-state index in [1.807, 2.05) is 6.92 Å². The Hall–Kier alpha value is -2.13. The minimum absolute atomic E-state index is 0.0628. The number of carbonyl (C=O) groups excluding carboxylic acids is 2. The molecule has 8 nitrogen and oxygen atoms in total. The fourth-order valence-corrected chi connectivity index (χ4v) is 6.21. The smallest absolute Gasteiger partial charge is 0.338 e. The van der Waals surface area contributed by atoms with Gasteiger partial charge in [-0.2, -0.15) is 4.31 Å². The first-order valence-electron chi connectivity index (χ1n) is 11.3. The lowest BCUT2D eigenvalue weighted by atomic mass is 9.99. The first-order chi connectivity index (χ1) is 15.1. The summed E-state index contributed by atoms with van der Waals surface area (Å²) in [5.41, 5.74) is 0.0703. The fraction of sp³-hybridized carbons (Fsp3) is 0.652. The SMILES string of the molecule is COc1ccc(C(=O)O[C@@H](C)C(=O)N2CCC(C)CC2)cc1S(=O)(=O)N1CCCC[C@@H]1C. The standard InChI is InChI=1S/C23H34N2O6S/c1-16-10-13-24(14-11-16)22(26)18(3)31-23(27)19-8-9-20(30-4)21(15-19)32(28,29)25-12-6-5-7-17(25)2/h8-9,15-18H,5-7,10-14H2,1-4H3/t17-,18-/m0/s1. The van der Waals surface area contributed by atoms with E-state index in [0.717, 1.165) is 32.1 Å². The van der Waals surface area contributed by atoms with Gasteiger partial charge in [0.15, 0.2) is 6.10 Å². The maximum Gasteiger partial charge on any atom is 0.338 e. The number of piperidine rings is 2. The summed E-state index contributed by atoms with van der Waals surface area (Å²) < 4.78 is 38.9. The van der Waals surface area contributed by atoms with E-state index >= 15 is 0 Å². The van der Waals surface area contributed by atoms with Crippen LogP contribution < -0.4 is 4.74 Å². The van der Waals surface area contributed by atoms with E-state index in [-0.39, 0.29) is 28.2 Å². The normalized spacial score (nSPS) is 21.8. The van der Waals surface area contributed by atoms with E-state index in [2.05, 4.69) is 6.92 Å². The number of likely N-dealkylation sites (tertiary alicyclic amines) is 1. The predicted molar refractivity (Wildman–Crippen MR) is 120 cm³/mol. The summed E-state index contributed by atoms with van der Waals surface area (Å²) in [6.07, 6.45) is 3.49. The van der Waals surface area contributed by atoms with Crippen molar-refractivity contribution in [2.45, 2.75) is 69.9 Å². The quantitative estimate of drug-likeness (QED) is 0.598. The van der Waals surface area contributed by atoms with Gasteiger partial charge in [-0.05, 0) is 63.6 Å². The topological polar surface area (TPSA) is 93.2 Å². The highest BCUT2D eigenvalue weighted by Crippen LogP contribution is 2.32. The van der Waals surface area contributed by atoms with Crippen molar-refractivity contribution in [2.75, 3.05) is 26.7 Å². The molecule has 1 aromatic rings. The van der Waals surface area contributed by atoms with Gasteiger partial charge in [0.2, 0.25) is 10.0 Å². The van der Waals surface area contributed by atoms with Gasteiger partial charge in [-0.3, -0.25) is 4.79 Å². The van der Waals surface area contributed by atoms with Crippen LogP contribution in [0.15, 0.2) is 23.1 Å². The largest absolute Gasteiger partial charge is 0.495 e. The number of methoxy groups -OCH3 is 1. The molecule has 2 fully saturated rings. The molecule has 0 N–H and O–H groups in total. The molecule has 2 saturated heterocycles. The van der Waals surface area contributed by atoms with Gasteiger partial charge in [-0.25, -0.2) is 13.2 Å². The summed E-state index contributed by atoms with van der Waals surface area (Å²) in [7, 11) is -2.46. The lowest BCUT2D eigenvalue weighted by Crippen LogP contribution is -2.44. The maximum absolute atomic E-state index is 13.3. The summed E-state index contributed by atoms with van der Waals surface area (Å²) in [5, 5.41) is 0. The van der Waals surface area contributed by atoms with Crippen LogP contribution in [-0.4, -0.2) is 68.4 Å². The Labute approximate surface area is 190 Å². The van der Waals surface area contributed by atoms with Crippen molar-refractivity contribution in [1.82, 2.24) is 9.21 Å². The van der Waals surface area contributed by atoms with Crippen LogP contribution in [0.5, 0.6) is 5.75 Å². The molecule has 178 valence electrons. The summed E-state index contributed by atoms with van der Waals surface area (Å²) in [6, 6.07) is 4.08. The Bertz CT molecular complexity index is 940. The lowest BCUT2D eigenvalue weighted by molar-refractivity contribution is -0.141. The zero-order chi connectivity index (χ0) is 23.5. The highest BCUT2D eigenvalue weighted by Gasteiger charge is 2.34. The van der Waals surface area contributed by atoms with E-state index < -0.39 is 22.1 Å². The molecular formula is C23H34N2O6S. The number of hydrogen-bond donors (Lipinski definition) is 0. The molecule has 1 aromatic carbocycles. The van der Waals surface area contributed by atoms with Gasteiger partial charge in [0.05, 0.1) is 12.7 Å². The molecule has 3 rings (SSSR count). The maximum atomic E-state index is 13.3. The second-order valence-corrected chi connectivity index (χ2v) is 10.7. The molecule has 0 radical (unpaired) electrons. The van der Waals surface area contributed by atoms with Gasteiger partial charge in [0.1, 0.15) is 10.6 Å². The van der Waals surface area contributed by atoms with Gasteiger partial charge in [-0.1, -0.05) is 13.3 Å². The van der Waals surface area contributed by atoms with Crippen LogP contribution in [0.3, 0.4) is 0 Å². The molecule has 2 heterocycles. The number of ether oxygens (including phenoxy) is 2. The third kappa shape index (κ3) is 5.26.